The van der Waals surface area contributed by atoms with E-state index >= 15 is 0 Å². The van der Waals surface area contributed by atoms with Gasteiger partial charge in [-0.25, -0.2) is 4.98 Å². The minimum atomic E-state index is -0.151. The Balaban J connectivity index is 2.23. The number of para-hydroxylation sites is 1. The normalized spacial score (nSPS) is 11.0. The van der Waals surface area contributed by atoms with Crippen molar-refractivity contribution in [2.45, 2.75) is 26.2 Å². The first-order chi connectivity index (χ1) is 9.91. The van der Waals surface area contributed by atoms with Gasteiger partial charge in [0.1, 0.15) is 5.82 Å². The maximum atomic E-state index is 12.3. The zero-order chi connectivity index (χ0) is 15.5. The summed E-state index contributed by atoms with van der Waals surface area (Å²) in [7, 11) is 1.79. The molecule has 1 aromatic heterocycles. The van der Waals surface area contributed by atoms with Crippen molar-refractivity contribution in [1.29, 1.82) is 0 Å². The standard InChI is InChI=1S/C17H21N3O/c1-17(2,3)13-7-5-6-8-14(13)20-16(21)12-9-10-15(18-4)19-11-12/h5-11H,1-4H3,(H,18,19)(H,20,21). The van der Waals surface area contributed by atoms with E-state index in [1.807, 2.05) is 24.3 Å². The molecule has 0 aliphatic rings. The first kappa shape index (κ1) is 15.0. The Morgan fingerprint density at radius 1 is 1.10 bits per heavy atom. The average Bonchev–Trinajstić information content (AvgIpc) is 2.47. The van der Waals surface area contributed by atoms with Crippen LogP contribution in [0.15, 0.2) is 42.6 Å². The second-order valence-corrected chi connectivity index (χ2v) is 5.93. The third-order valence-electron chi connectivity index (χ3n) is 3.27. The molecular formula is C17H21N3O. The monoisotopic (exact) mass is 283 g/mol. The minimum absolute atomic E-state index is 0.0297. The molecule has 110 valence electrons. The topological polar surface area (TPSA) is 54.0 Å². The maximum Gasteiger partial charge on any atom is 0.257 e. The van der Waals surface area contributed by atoms with Gasteiger partial charge in [0, 0.05) is 18.9 Å². The molecule has 21 heavy (non-hydrogen) atoms. The predicted molar refractivity (Wildman–Crippen MR) is 86.9 cm³/mol. The molecule has 4 nitrogen and oxygen atoms in total. The number of hydrogen-bond donors (Lipinski definition) is 2. The maximum absolute atomic E-state index is 12.3. The van der Waals surface area contributed by atoms with Crippen molar-refractivity contribution >= 4 is 17.4 Å². The van der Waals surface area contributed by atoms with Crippen LogP contribution in [0.5, 0.6) is 0 Å². The van der Waals surface area contributed by atoms with Crippen LogP contribution in [0.25, 0.3) is 0 Å². The van der Waals surface area contributed by atoms with Crippen LogP contribution in [0.2, 0.25) is 0 Å². The Morgan fingerprint density at radius 3 is 2.38 bits per heavy atom. The molecule has 0 spiro atoms. The molecule has 1 heterocycles. The molecule has 0 saturated heterocycles. The van der Waals surface area contributed by atoms with Crippen molar-refractivity contribution in [1.82, 2.24) is 4.98 Å². The van der Waals surface area contributed by atoms with Gasteiger partial charge in [0.15, 0.2) is 0 Å². The highest BCUT2D eigenvalue weighted by atomic mass is 16.1. The summed E-state index contributed by atoms with van der Waals surface area (Å²) in [5, 5.41) is 5.90. The molecule has 4 heteroatoms. The number of carbonyl (C=O) groups excluding carboxylic acids is 1. The van der Waals surface area contributed by atoms with E-state index < -0.39 is 0 Å². The van der Waals surface area contributed by atoms with Gasteiger partial charge in [0.2, 0.25) is 0 Å². The second-order valence-electron chi connectivity index (χ2n) is 5.93. The molecule has 1 amide bonds. The number of amides is 1. The van der Waals surface area contributed by atoms with E-state index in [9.17, 15) is 4.79 Å². The zero-order valence-corrected chi connectivity index (χ0v) is 12.9. The lowest BCUT2D eigenvalue weighted by Crippen LogP contribution is -2.18. The summed E-state index contributed by atoms with van der Waals surface area (Å²) in [6.07, 6.45) is 1.57. The van der Waals surface area contributed by atoms with Crippen molar-refractivity contribution in [3.05, 3.63) is 53.7 Å². The van der Waals surface area contributed by atoms with Crippen molar-refractivity contribution in [2.24, 2.45) is 0 Å². The lowest BCUT2D eigenvalue weighted by Gasteiger charge is -2.23. The fourth-order valence-corrected chi connectivity index (χ4v) is 2.12. The predicted octanol–water partition coefficient (Wildman–Crippen LogP) is 3.67. The van der Waals surface area contributed by atoms with Crippen molar-refractivity contribution in [3.8, 4) is 0 Å². The van der Waals surface area contributed by atoms with Crippen molar-refractivity contribution < 1.29 is 4.79 Å². The van der Waals surface area contributed by atoms with Gasteiger partial charge in [-0.05, 0) is 29.2 Å². The van der Waals surface area contributed by atoms with E-state index in [1.165, 1.54) is 0 Å². The summed E-state index contributed by atoms with van der Waals surface area (Å²) in [6.45, 7) is 6.38. The molecule has 2 aromatic rings. The molecule has 1 aromatic carbocycles. The highest BCUT2D eigenvalue weighted by molar-refractivity contribution is 6.04. The molecule has 0 atom stereocenters. The highest BCUT2D eigenvalue weighted by Gasteiger charge is 2.18. The Kier molecular flexibility index (Phi) is 4.26. The van der Waals surface area contributed by atoms with Gasteiger partial charge in [0.25, 0.3) is 5.91 Å². The average molecular weight is 283 g/mol. The van der Waals surface area contributed by atoms with Crippen LogP contribution >= 0.6 is 0 Å². The van der Waals surface area contributed by atoms with Crippen LogP contribution in [0, 0.1) is 0 Å². The Morgan fingerprint density at radius 2 is 1.81 bits per heavy atom. The molecule has 0 radical (unpaired) electrons. The smallest absolute Gasteiger partial charge is 0.257 e. The third kappa shape index (κ3) is 3.60. The van der Waals surface area contributed by atoms with Crippen LogP contribution in [0.4, 0.5) is 11.5 Å². The molecule has 0 aliphatic heterocycles. The van der Waals surface area contributed by atoms with Crippen LogP contribution < -0.4 is 10.6 Å². The Bertz CT molecular complexity index is 627. The number of anilines is 2. The number of hydrogen-bond acceptors (Lipinski definition) is 3. The summed E-state index contributed by atoms with van der Waals surface area (Å²) in [5.41, 5.74) is 2.46. The number of carbonyl (C=O) groups is 1. The molecule has 2 N–H and O–H groups in total. The second kappa shape index (κ2) is 5.95. The van der Waals surface area contributed by atoms with Crippen LogP contribution in [-0.4, -0.2) is 17.9 Å². The zero-order valence-electron chi connectivity index (χ0n) is 12.9. The van der Waals surface area contributed by atoms with Crippen molar-refractivity contribution in [3.63, 3.8) is 0 Å². The third-order valence-corrected chi connectivity index (χ3v) is 3.27. The number of nitrogens with one attached hydrogen (secondary N) is 2. The van der Waals surface area contributed by atoms with Gasteiger partial charge in [-0.2, -0.15) is 0 Å². The van der Waals surface area contributed by atoms with Gasteiger partial charge < -0.3 is 10.6 Å². The van der Waals surface area contributed by atoms with E-state index in [1.54, 1.807) is 25.4 Å². The summed E-state index contributed by atoms with van der Waals surface area (Å²) < 4.78 is 0. The van der Waals surface area contributed by atoms with Gasteiger partial charge in [0.05, 0.1) is 5.56 Å². The molecule has 0 fully saturated rings. The quantitative estimate of drug-likeness (QED) is 0.903. The van der Waals surface area contributed by atoms with E-state index in [2.05, 4.69) is 36.4 Å². The SMILES string of the molecule is CNc1ccc(C(=O)Nc2ccccc2C(C)(C)C)cn1. The first-order valence-electron chi connectivity index (χ1n) is 6.96. The number of aromatic nitrogens is 1. The van der Waals surface area contributed by atoms with Crippen LogP contribution in [-0.2, 0) is 5.41 Å². The number of benzene rings is 1. The van der Waals surface area contributed by atoms with E-state index in [4.69, 9.17) is 0 Å². The van der Waals surface area contributed by atoms with Crippen molar-refractivity contribution in [2.75, 3.05) is 17.7 Å². The van der Waals surface area contributed by atoms with Gasteiger partial charge in [-0.3, -0.25) is 4.79 Å². The van der Waals surface area contributed by atoms with Gasteiger partial charge in [-0.1, -0.05) is 39.0 Å². The molecule has 2 rings (SSSR count). The molecule has 0 saturated carbocycles. The molecule has 0 unspecified atom stereocenters. The Labute approximate surface area is 125 Å². The van der Waals surface area contributed by atoms with E-state index in [-0.39, 0.29) is 11.3 Å². The molecular weight excluding hydrogens is 262 g/mol. The summed E-state index contributed by atoms with van der Waals surface area (Å²) in [5.74, 6) is 0.587. The fourth-order valence-electron chi connectivity index (χ4n) is 2.12. The lowest BCUT2D eigenvalue weighted by molar-refractivity contribution is 0.102. The summed E-state index contributed by atoms with van der Waals surface area (Å²) >= 11 is 0. The summed E-state index contributed by atoms with van der Waals surface area (Å²) in [4.78, 5) is 16.5. The highest BCUT2D eigenvalue weighted by Crippen LogP contribution is 2.29. The van der Waals surface area contributed by atoms with Crippen LogP contribution in [0.1, 0.15) is 36.7 Å². The number of pyridine rings is 1. The minimum Gasteiger partial charge on any atom is -0.373 e. The van der Waals surface area contributed by atoms with Gasteiger partial charge >= 0.3 is 0 Å². The van der Waals surface area contributed by atoms with E-state index in [0.717, 1.165) is 17.1 Å². The van der Waals surface area contributed by atoms with Gasteiger partial charge in [-0.15, -0.1) is 0 Å². The molecule has 0 bridgehead atoms. The number of rotatable bonds is 3. The lowest BCUT2D eigenvalue weighted by atomic mass is 9.86. The van der Waals surface area contributed by atoms with Crippen LogP contribution in [0.3, 0.4) is 0 Å². The largest absolute Gasteiger partial charge is 0.373 e. The summed E-state index contributed by atoms with van der Waals surface area (Å²) in [6, 6.07) is 11.4. The van der Waals surface area contributed by atoms with E-state index in [0.29, 0.717) is 5.56 Å². The molecule has 0 aliphatic carbocycles. The fraction of sp³-hybridized carbons (Fsp3) is 0.294. The number of nitrogens with zero attached hydrogens (tertiary/aromatic N) is 1. The Hall–Kier alpha value is -2.36. The first-order valence-corrected chi connectivity index (χ1v) is 6.96.